The van der Waals surface area contributed by atoms with Crippen LogP contribution in [-0.2, 0) is 22.6 Å². The fourth-order valence-electron chi connectivity index (χ4n) is 2.25. The number of fused-ring (bicyclic) bond motifs is 1. The largest absolute Gasteiger partial charge is 0.458 e. The molecule has 0 amide bonds. The van der Waals surface area contributed by atoms with Crippen LogP contribution in [0.5, 0.6) is 0 Å². The molecule has 0 atom stereocenters. The monoisotopic (exact) mass is 291 g/mol. The van der Waals surface area contributed by atoms with Crippen molar-refractivity contribution in [1.82, 2.24) is 5.32 Å². The molecule has 4 heteroatoms. The van der Waals surface area contributed by atoms with Gasteiger partial charge in [0.2, 0.25) is 0 Å². The average Bonchev–Trinajstić information content (AvgIpc) is 2.81. The smallest absolute Gasteiger partial charge is 0.135 e. The normalized spacial score (nSPS) is 11.6. The van der Waals surface area contributed by atoms with Crippen molar-refractivity contribution in [2.45, 2.75) is 27.0 Å². The molecule has 0 unspecified atom stereocenters. The van der Waals surface area contributed by atoms with Crippen LogP contribution in [0.3, 0.4) is 0 Å². The molecule has 4 nitrogen and oxygen atoms in total. The molecule has 21 heavy (non-hydrogen) atoms. The van der Waals surface area contributed by atoms with Gasteiger partial charge in [0.1, 0.15) is 18.0 Å². The molecular formula is C17H25NO3. The second-order valence-corrected chi connectivity index (χ2v) is 5.57. The van der Waals surface area contributed by atoms with E-state index >= 15 is 0 Å². The summed E-state index contributed by atoms with van der Waals surface area (Å²) >= 11 is 0. The average molecular weight is 291 g/mol. The molecule has 2 rings (SSSR count). The van der Waals surface area contributed by atoms with Crippen LogP contribution in [0.4, 0.5) is 0 Å². The van der Waals surface area contributed by atoms with Crippen molar-refractivity contribution in [3.05, 3.63) is 35.6 Å². The molecule has 0 radical (unpaired) electrons. The van der Waals surface area contributed by atoms with Crippen LogP contribution >= 0.6 is 0 Å². The Balaban J connectivity index is 2.09. The zero-order valence-corrected chi connectivity index (χ0v) is 13.1. The summed E-state index contributed by atoms with van der Waals surface area (Å²) in [6.45, 7) is 7.86. The number of hydrogen-bond donors (Lipinski definition) is 1. The lowest BCUT2D eigenvalue weighted by atomic mass is 10.1. The fraction of sp³-hybridized carbons (Fsp3) is 0.529. The molecular weight excluding hydrogens is 266 g/mol. The topological polar surface area (TPSA) is 43.6 Å². The van der Waals surface area contributed by atoms with Crippen LogP contribution < -0.4 is 5.32 Å². The quantitative estimate of drug-likeness (QED) is 0.720. The maximum absolute atomic E-state index is 5.93. The first-order valence-electron chi connectivity index (χ1n) is 7.49. The van der Waals surface area contributed by atoms with Crippen LogP contribution in [0, 0.1) is 5.92 Å². The van der Waals surface area contributed by atoms with Crippen molar-refractivity contribution in [2.24, 2.45) is 5.92 Å². The van der Waals surface area contributed by atoms with E-state index in [1.165, 1.54) is 10.9 Å². The summed E-state index contributed by atoms with van der Waals surface area (Å²) in [4.78, 5) is 0. The maximum Gasteiger partial charge on any atom is 0.135 e. The van der Waals surface area contributed by atoms with E-state index in [4.69, 9.17) is 13.9 Å². The summed E-state index contributed by atoms with van der Waals surface area (Å²) in [5.74, 6) is 1.54. The molecule has 0 aliphatic heterocycles. The highest BCUT2D eigenvalue weighted by Crippen LogP contribution is 2.26. The maximum atomic E-state index is 5.93. The Bertz CT molecular complexity index is 548. The Labute approximate surface area is 126 Å². The van der Waals surface area contributed by atoms with E-state index in [0.29, 0.717) is 25.7 Å². The van der Waals surface area contributed by atoms with E-state index in [-0.39, 0.29) is 0 Å². The number of ether oxygens (including phenoxy) is 2. The SMILES string of the molecule is COCCOCc1oc2ccccc2c1CNCC(C)C. The first kappa shape index (κ1) is 16.0. The lowest BCUT2D eigenvalue weighted by molar-refractivity contribution is 0.0539. The van der Waals surface area contributed by atoms with Gasteiger partial charge in [-0.3, -0.25) is 0 Å². The number of methoxy groups -OCH3 is 1. The van der Waals surface area contributed by atoms with Crippen LogP contribution in [0.15, 0.2) is 28.7 Å². The first-order valence-corrected chi connectivity index (χ1v) is 7.49. The van der Waals surface area contributed by atoms with Crippen LogP contribution in [0.2, 0.25) is 0 Å². The standard InChI is InChI=1S/C17H25NO3/c1-13(2)10-18-11-15-14-6-4-5-7-16(14)21-17(15)12-20-9-8-19-3/h4-7,13,18H,8-12H2,1-3H3. The van der Waals surface area contributed by atoms with E-state index in [0.717, 1.165) is 24.4 Å². The van der Waals surface area contributed by atoms with Gasteiger partial charge in [0, 0.05) is 24.6 Å². The molecule has 0 saturated carbocycles. The summed E-state index contributed by atoms with van der Waals surface area (Å²) in [6, 6.07) is 8.13. The molecule has 0 spiro atoms. The van der Waals surface area contributed by atoms with Gasteiger partial charge in [-0.25, -0.2) is 0 Å². The molecule has 0 aliphatic rings. The summed E-state index contributed by atoms with van der Waals surface area (Å²) in [6.07, 6.45) is 0. The number of benzene rings is 1. The third-order valence-electron chi connectivity index (χ3n) is 3.30. The van der Waals surface area contributed by atoms with Gasteiger partial charge in [-0.15, -0.1) is 0 Å². The van der Waals surface area contributed by atoms with Gasteiger partial charge in [0.15, 0.2) is 0 Å². The molecule has 1 aromatic carbocycles. The van der Waals surface area contributed by atoms with Crippen LogP contribution in [0.25, 0.3) is 11.0 Å². The van der Waals surface area contributed by atoms with Gasteiger partial charge in [0.25, 0.3) is 0 Å². The van der Waals surface area contributed by atoms with Gasteiger partial charge in [-0.05, 0) is 18.5 Å². The van der Waals surface area contributed by atoms with Crippen molar-refractivity contribution in [3.8, 4) is 0 Å². The number of nitrogens with one attached hydrogen (secondary N) is 1. The number of furan rings is 1. The first-order chi connectivity index (χ1) is 10.2. The van der Waals surface area contributed by atoms with Crippen molar-refractivity contribution in [3.63, 3.8) is 0 Å². The molecule has 0 saturated heterocycles. The van der Waals surface area contributed by atoms with Crippen molar-refractivity contribution < 1.29 is 13.9 Å². The molecule has 1 heterocycles. The summed E-state index contributed by atoms with van der Waals surface area (Å²) in [5, 5.41) is 4.65. The zero-order chi connectivity index (χ0) is 15.1. The summed E-state index contributed by atoms with van der Waals surface area (Å²) in [5.41, 5.74) is 2.12. The zero-order valence-electron chi connectivity index (χ0n) is 13.1. The van der Waals surface area contributed by atoms with Crippen molar-refractivity contribution in [1.29, 1.82) is 0 Å². The van der Waals surface area contributed by atoms with Crippen LogP contribution in [-0.4, -0.2) is 26.9 Å². The van der Waals surface area contributed by atoms with E-state index < -0.39 is 0 Å². The second-order valence-electron chi connectivity index (χ2n) is 5.57. The Hall–Kier alpha value is -1.36. The molecule has 1 aromatic heterocycles. The van der Waals surface area contributed by atoms with E-state index in [1.54, 1.807) is 7.11 Å². The number of para-hydroxylation sites is 1. The minimum atomic E-state index is 0.483. The lowest BCUT2D eigenvalue weighted by Crippen LogP contribution is -2.19. The molecule has 0 aliphatic carbocycles. The predicted octanol–water partition coefficient (Wildman–Crippen LogP) is 3.34. The van der Waals surface area contributed by atoms with E-state index in [2.05, 4.69) is 25.2 Å². The minimum absolute atomic E-state index is 0.483. The highest BCUT2D eigenvalue weighted by atomic mass is 16.5. The number of rotatable bonds is 9. The van der Waals surface area contributed by atoms with Crippen LogP contribution in [0.1, 0.15) is 25.2 Å². The van der Waals surface area contributed by atoms with Crippen molar-refractivity contribution >= 4 is 11.0 Å². The molecule has 116 valence electrons. The molecule has 2 aromatic rings. The van der Waals surface area contributed by atoms with Gasteiger partial charge in [0.05, 0.1) is 13.2 Å². The van der Waals surface area contributed by atoms with Gasteiger partial charge in [-0.2, -0.15) is 0 Å². The third-order valence-corrected chi connectivity index (χ3v) is 3.30. The second kappa shape index (κ2) is 8.17. The minimum Gasteiger partial charge on any atom is -0.458 e. The van der Waals surface area contributed by atoms with E-state index in [9.17, 15) is 0 Å². The highest BCUT2D eigenvalue weighted by Gasteiger charge is 2.13. The lowest BCUT2D eigenvalue weighted by Gasteiger charge is -2.08. The van der Waals surface area contributed by atoms with Gasteiger partial charge >= 0.3 is 0 Å². The Morgan fingerprint density at radius 1 is 1.19 bits per heavy atom. The fourth-order valence-corrected chi connectivity index (χ4v) is 2.25. The predicted molar refractivity (Wildman–Crippen MR) is 84.3 cm³/mol. The third kappa shape index (κ3) is 4.56. The van der Waals surface area contributed by atoms with Crippen molar-refractivity contribution in [2.75, 3.05) is 26.9 Å². The summed E-state index contributed by atoms with van der Waals surface area (Å²) < 4.78 is 16.5. The van der Waals surface area contributed by atoms with Gasteiger partial charge in [-0.1, -0.05) is 32.0 Å². The Morgan fingerprint density at radius 3 is 2.76 bits per heavy atom. The Morgan fingerprint density at radius 2 is 2.00 bits per heavy atom. The van der Waals surface area contributed by atoms with E-state index in [1.807, 2.05) is 18.2 Å². The van der Waals surface area contributed by atoms with Gasteiger partial charge < -0.3 is 19.2 Å². The summed E-state index contributed by atoms with van der Waals surface area (Å²) in [7, 11) is 1.67. The molecule has 1 N–H and O–H groups in total. The highest BCUT2D eigenvalue weighted by molar-refractivity contribution is 5.82. The molecule has 0 bridgehead atoms. The Kier molecular flexibility index (Phi) is 6.23. The molecule has 0 fully saturated rings. The number of hydrogen-bond acceptors (Lipinski definition) is 4.